The lowest BCUT2D eigenvalue weighted by atomic mass is 10.0. The summed E-state index contributed by atoms with van der Waals surface area (Å²) in [6, 6.07) is 0.636. The van der Waals surface area contributed by atoms with Crippen LogP contribution in [0.4, 0.5) is 0 Å². The molecule has 2 nitrogen and oxygen atoms in total. The van der Waals surface area contributed by atoms with Crippen molar-refractivity contribution in [2.24, 2.45) is 0 Å². The third-order valence-electron chi connectivity index (χ3n) is 5.64. The number of hydrogen-bond donors (Lipinski definition) is 0. The van der Waals surface area contributed by atoms with E-state index in [0.717, 1.165) is 12.8 Å². The fourth-order valence-corrected chi connectivity index (χ4v) is 4.13. The Labute approximate surface area is 171 Å². The Balaban J connectivity index is 3.33. The molecule has 0 N–H and O–H groups in total. The maximum absolute atomic E-state index is 12.3. The van der Waals surface area contributed by atoms with Crippen LogP contribution in [0.1, 0.15) is 144 Å². The van der Waals surface area contributed by atoms with E-state index in [1.165, 1.54) is 96.3 Å². The third kappa shape index (κ3) is 16.2. The molecule has 27 heavy (non-hydrogen) atoms. The van der Waals surface area contributed by atoms with Crippen molar-refractivity contribution in [3.8, 4) is 0 Å². The predicted octanol–water partition coefficient (Wildman–Crippen LogP) is 8.28. The van der Waals surface area contributed by atoms with E-state index >= 15 is 0 Å². The maximum Gasteiger partial charge on any atom is 0.223 e. The van der Waals surface area contributed by atoms with Crippen molar-refractivity contribution >= 4 is 5.91 Å². The summed E-state index contributed by atoms with van der Waals surface area (Å²) in [5, 5.41) is 0. The van der Waals surface area contributed by atoms with Gasteiger partial charge in [-0.1, -0.05) is 103 Å². The molecule has 0 saturated heterocycles. The average Bonchev–Trinajstić information content (AvgIpc) is 2.60. The van der Waals surface area contributed by atoms with Gasteiger partial charge in [0.2, 0.25) is 5.91 Å². The quantitative estimate of drug-likeness (QED) is 0.206. The van der Waals surface area contributed by atoms with Gasteiger partial charge >= 0.3 is 0 Å². The molecule has 0 aromatic rings. The lowest BCUT2D eigenvalue weighted by Gasteiger charge is -2.30. The SMILES string of the molecule is CCCCCCCCCCCCCCCCCCC(=O)N(C(C)C)C(C)C. The highest BCUT2D eigenvalue weighted by molar-refractivity contribution is 5.76. The van der Waals surface area contributed by atoms with Crippen LogP contribution < -0.4 is 0 Å². The van der Waals surface area contributed by atoms with Crippen molar-refractivity contribution in [2.45, 2.75) is 156 Å². The molecule has 0 heterocycles. The molecule has 0 rings (SSSR count). The number of rotatable bonds is 19. The maximum atomic E-state index is 12.3. The van der Waals surface area contributed by atoms with Crippen LogP contribution in [0.15, 0.2) is 0 Å². The topological polar surface area (TPSA) is 20.3 Å². The normalized spacial score (nSPS) is 11.5. The highest BCUT2D eigenvalue weighted by Crippen LogP contribution is 2.15. The van der Waals surface area contributed by atoms with Gasteiger partial charge in [-0.15, -0.1) is 0 Å². The van der Waals surface area contributed by atoms with Crippen molar-refractivity contribution in [3.63, 3.8) is 0 Å². The van der Waals surface area contributed by atoms with E-state index < -0.39 is 0 Å². The summed E-state index contributed by atoms with van der Waals surface area (Å²) in [4.78, 5) is 14.3. The largest absolute Gasteiger partial charge is 0.338 e. The molecular formula is C25H51NO. The lowest BCUT2D eigenvalue weighted by Crippen LogP contribution is -2.41. The molecule has 0 aromatic carbocycles. The molecule has 162 valence electrons. The number of unbranched alkanes of at least 4 members (excludes halogenated alkanes) is 15. The Morgan fingerprint density at radius 1 is 0.556 bits per heavy atom. The van der Waals surface area contributed by atoms with E-state index in [2.05, 4.69) is 34.6 Å². The van der Waals surface area contributed by atoms with E-state index in [1.54, 1.807) is 0 Å². The van der Waals surface area contributed by atoms with Crippen LogP contribution in [0.2, 0.25) is 0 Å². The van der Waals surface area contributed by atoms with Crippen molar-refractivity contribution in [1.82, 2.24) is 4.90 Å². The Kier molecular flexibility index (Phi) is 18.4. The van der Waals surface area contributed by atoms with Gasteiger partial charge in [-0.2, -0.15) is 0 Å². The van der Waals surface area contributed by atoms with Crippen molar-refractivity contribution in [2.75, 3.05) is 0 Å². The number of hydrogen-bond acceptors (Lipinski definition) is 1. The number of carbonyl (C=O) groups excluding carboxylic acids is 1. The van der Waals surface area contributed by atoms with Gasteiger partial charge in [0.1, 0.15) is 0 Å². The standard InChI is InChI=1S/C25H51NO/c1-6-7-8-9-10-11-12-13-14-15-16-17-18-19-20-21-22-25(27)26(23(2)3)24(4)5/h23-24H,6-22H2,1-5H3. The highest BCUT2D eigenvalue weighted by atomic mass is 16.2. The predicted molar refractivity (Wildman–Crippen MR) is 121 cm³/mol. The Hall–Kier alpha value is -0.530. The van der Waals surface area contributed by atoms with Crippen molar-refractivity contribution < 1.29 is 4.79 Å². The van der Waals surface area contributed by atoms with E-state index in [9.17, 15) is 4.79 Å². The van der Waals surface area contributed by atoms with Gasteiger partial charge in [-0.25, -0.2) is 0 Å². The van der Waals surface area contributed by atoms with Crippen molar-refractivity contribution in [3.05, 3.63) is 0 Å². The summed E-state index contributed by atoms with van der Waals surface area (Å²) in [6.45, 7) is 10.8. The minimum absolute atomic E-state index is 0.318. The van der Waals surface area contributed by atoms with Crippen LogP contribution >= 0.6 is 0 Å². The molecular weight excluding hydrogens is 330 g/mol. The second kappa shape index (κ2) is 18.8. The van der Waals surface area contributed by atoms with Gasteiger partial charge in [-0.05, 0) is 34.1 Å². The van der Waals surface area contributed by atoms with Crippen LogP contribution in [0, 0.1) is 0 Å². The third-order valence-corrected chi connectivity index (χ3v) is 5.64. The van der Waals surface area contributed by atoms with Crippen LogP contribution in [-0.4, -0.2) is 22.9 Å². The van der Waals surface area contributed by atoms with Crippen LogP contribution in [0.25, 0.3) is 0 Å². The fourth-order valence-electron chi connectivity index (χ4n) is 4.13. The minimum Gasteiger partial charge on any atom is -0.338 e. The van der Waals surface area contributed by atoms with Gasteiger partial charge in [0.25, 0.3) is 0 Å². The molecule has 2 heteroatoms. The first kappa shape index (κ1) is 26.5. The zero-order valence-electron chi connectivity index (χ0n) is 19.5. The molecule has 0 saturated carbocycles. The molecule has 0 aliphatic heterocycles. The first-order chi connectivity index (χ1) is 13.0. The molecule has 0 aromatic heterocycles. The van der Waals surface area contributed by atoms with Crippen LogP contribution in [0.5, 0.6) is 0 Å². The monoisotopic (exact) mass is 381 g/mol. The first-order valence-electron chi connectivity index (χ1n) is 12.3. The molecule has 0 atom stereocenters. The molecule has 1 amide bonds. The molecule has 0 aliphatic rings. The molecule has 0 unspecified atom stereocenters. The second-order valence-electron chi connectivity index (χ2n) is 9.04. The van der Waals surface area contributed by atoms with E-state index in [0.29, 0.717) is 18.0 Å². The molecule has 0 radical (unpaired) electrons. The summed E-state index contributed by atoms with van der Waals surface area (Å²) in [5.74, 6) is 0.338. The molecule has 0 bridgehead atoms. The number of amides is 1. The van der Waals surface area contributed by atoms with Crippen LogP contribution in [0.3, 0.4) is 0 Å². The lowest BCUT2D eigenvalue weighted by molar-refractivity contribution is -0.134. The summed E-state index contributed by atoms with van der Waals surface area (Å²) >= 11 is 0. The second-order valence-corrected chi connectivity index (χ2v) is 9.04. The first-order valence-corrected chi connectivity index (χ1v) is 12.3. The summed E-state index contributed by atoms with van der Waals surface area (Å²) in [7, 11) is 0. The minimum atomic E-state index is 0.318. The zero-order valence-corrected chi connectivity index (χ0v) is 19.5. The van der Waals surface area contributed by atoms with Gasteiger partial charge in [-0.3, -0.25) is 4.79 Å². The number of carbonyl (C=O) groups is 1. The smallest absolute Gasteiger partial charge is 0.223 e. The van der Waals surface area contributed by atoms with Gasteiger partial charge in [0.15, 0.2) is 0 Å². The van der Waals surface area contributed by atoms with Gasteiger partial charge in [0, 0.05) is 18.5 Å². The van der Waals surface area contributed by atoms with E-state index in [1.807, 2.05) is 4.90 Å². The average molecular weight is 382 g/mol. The molecule has 0 spiro atoms. The molecule has 0 aliphatic carbocycles. The van der Waals surface area contributed by atoms with Gasteiger partial charge < -0.3 is 4.90 Å². The van der Waals surface area contributed by atoms with Gasteiger partial charge in [0.05, 0.1) is 0 Å². The number of nitrogens with zero attached hydrogens (tertiary/aromatic N) is 1. The Bertz CT molecular complexity index is 316. The summed E-state index contributed by atoms with van der Waals surface area (Å²) < 4.78 is 0. The van der Waals surface area contributed by atoms with Crippen LogP contribution in [-0.2, 0) is 4.79 Å². The van der Waals surface area contributed by atoms with E-state index in [-0.39, 0.29) is 0 Å². The Morgan fingerprint density at radius 3 is 1.15 bits per heavy atom. The highest BCUT2D eigenvalue weighted by Gasteiger charge is 2.18. The molecule has 0 fully saturated rings. The fraction of sp³-hybridized carbons (Fsp3) is 0.960. The van der Waals surface area contributed by atoms with E-state index in [4.69, 9.17) is 0 Å². The zero-order chi connectivity index (χ0) is 20.3. The Morgan fingerprint density at radius 2 is 0.852 bits per heavy atom. The van der Waals surface area contributed by atoms with Crippen molar-refractivity contribution in [1.29, 1.82) is 0 Å². The summed E-state index contributed by atoms with van der Waals surface area (Å²) in [6.07, 6.45) is 22.8. The summed E-state index contributed by atoms with van der Waals surface area (Å²) in [5.41, 5.74) is 0.